The number of piperidine rings is 1. The van der Waals surface area contributed by atoms with Crippen molar-refractivity contribution in [2.75, 3.05) is 56.0 Å². The summed E-state index contributed by atoms with van der Waals surface area (Å²) >= 11 is 12.8. The van der Waals surface area contributed by atoms with Gasteiger partial charge in [-0.05, 0) is 104 Å². The first-order chi connectivity index (χ1) is 29.4. The number of piperazine rings is 1. The Labute approximate surface area is 367 Å². The average molecular weight is 884 g/mol. The Hall–Kier alpha value is -4.66. The number of amides is 1. The molecular formula is C46H52Cl2N8O4S. The predicted octanol–water partition coefficient (Wildman–Crippen LogP) is 9.00. The molecule has 320 valence electrons. The van der Waals surface area contributed by atoms with Crippen molar-refractivity contribution in [2.45, 2.75) is 75.8 Å². The minimum Gasteiger partial charge on any atom is -0.454 e. The fourth-order valence-electron chi connectivity index (χ4n) is 8.97. The summed E-state index contributed by atoms with van der Waals surface area (Å²) in [4.78, 5) is 33.0. The highest BCUT2D eigenvalue weighted by Crippen LogP contribution is 2.44. The van der Waals surface area contributed by atoms with Crippen molar-refractivity contribution in [3.63, 3.8) is 0 Å². The van der Waals surface area contributed by atoms with Crippen LogP contribution in [0.5, 0.6) is 11.5 Å². The van der Waals surface area contributed by atoms with Gasteiger partial charge in [0.1, 0.15) is 22.0 Å². The number of carbonyl (C=O) groups is 1. The fourth-order valence-corrected chi connectivity index (χ4v) is 10.3. The Bertz CT molecular complexity index is 2560. The molecular weight excluding hydrogens is 832 g/mol. The van der Waals surface area contributed by atoms with Crippen LogP contribution in [0, 0.1) is 5.41 Å². The van der Waals surface area contributed by atoms with E-state index in [-0.39, 0.29) is 32.7 Å². The van der Waals surface area contributed by atoms with Crippen LogP contribution in [-0.4, -0.2) is 97.0 Å². The molecule has 15 heteroatoms. The minimum atomic E-state index is -4.36. The van der Waals surface area contributed by atoms with Crippen LogP contribution in [0.2, 0.25) is 10.0 Å². The zero-order valence-electron chi connectivity index (χ0n) is 34.6. The highest BCUT2D eigenvalue weighted by molar-refractivity contribution is 7.90. The molecule has 4 aliphatic rings. The van der Waals surface area contributed by atoms with E-state index in [0.717, 1.165) is 100 Å². The van der Waals surface area contributed by atoms with Gasteiger partial charge in [-0.15, -0.1) is 0 Å². The lowest BCUT2D eigenvalue weighted by molar-refractivity contribution is 0.0979. The van der Waals surface area contributed by atoms with Crippen molar-refractivity contribution >= 4 is 67.2 Å². The number of nitrogens with one attached hydrogen (secondary N) is 3. The van der Waals surface area contributed by atoms with Crippen LogP contribution >= 0.6 is 23.2 Å². The number of hydrogen-bond donors (Lipinski definition) is 3. The molecule has 0 bridgehead atoms. The molecule has 2 aliphatic carbocycles. The summed E-state index contributed by atoms with van der Waals surface area (Å²) in [5.41, 5.74) is 6.68. The van der Waals surface area contributed by atoms with E-state index < -0.39 is 15.9 Å². The molecule has 12 nitrogen and oxygen atoms in total. The maximum absolute atomic E-state index is 14.0. The molecule has 0 spiro atoms. The number of aromatic nitrogens is 3. The quantitative estimate of drug-likeness (QED) is 0.111. The Balaban J connectivity index is 0.909. The number of carbonyl (C=O) groups excluding carboxylic acids is 1. The van der Waals surface area contributed by atoms with Gasteiger partial charge < -0.3 is 24.8 Å². The van der Waals surface area contributed by atoms with Crippen LogP contribution in [0.25, 0.3) is 16.6 Å². The lowest BCUT2D eigenvalue weighted by Crippen LogP contribution is -2.47. The molecule has 9 rings (SSSR count). The number of halogens is 2. The van der Waals surface area contributed by atoms with Crippen LogP contribution in [-0.2, 0) is 10.0 Å². The lowest BCUT2D eigenvalue weighted by atomic mass is 9.72. The van der Waals surface area contributed by atoms with Gasteiger partial charge in [0, 0.05) is 80.9 Å². The van der Waals surface area contributed by atoms with E-state index in [9.17, 15) is 13.2 Å². The summed E-state index contributed by atoms with van der Waals surface area (Å²) in [5.74, 6) is 0.209. The smallest absolute Gasteiger partial charge is 0.268 e. The van der Waals surface area contributed by atoms with Crippen molar-refractivity contribution in [1.29, 1.82) is 0 Å². The number of fused-ring (bicyclic) bond motifs is 1. The van der Waals surface area contributed by atoms with E-state index in [2.05, 4.69) is 65.7 Å². The van der Waals surface area contributed by atoms with Crippen molar-refractivity contribution < 1.29 is 17.9 Å². The van der Waals surface area contributed by atoms with Gasteiger partial charge in [-0.1, -0.05) is 60.8 Å². The molecule has 2 aromatic heterocycles. The number of rotatable bonds is 12. The number of H-pyrrole nitrogens is 1. The number of aromatic amines is 1. The van der Waals surface area contributed by atoms with Crippen molar-refractivity contribution in [2.24, 2.45) is 5.41 Å². The molecule has 4 heterocycles. The summed E-state index contributed by atoms with van der Waals surface area (Å²) in [6.45, 7) is 10.9. The number of ether oxygens (including phenoxy) is 1. The first-order valence-electron chi connectivity index (χ1n) is 21.3. The van der Waals surface area contributed by atoms with Crippen molar-refractivity contribution in [3.05, 3.63) is 106 Å². The van der Waals surface area contributed by atoms with Gasteiger partial charge in [-0.3, -0.25) is 9.69 Å². The zero-order chi connectivity index (χ0) is 42.3. The summed E-state index contributed by atoms with van der Waals surface area (Å²) in [5, 5.41) is 4.31. The Morgan fingerprint density at radius 1 is 0.918 bits per heavy atom. The van der Waals surface area contributed by atoms with Gasteiger partial charge in [0.25, 0.3) is 15.9 Å². The van der Waals surface area contributed by atoms with E-state index in [1.165, 1.54) is 41.8 Å². The SMILES string of the molecule is CC1(C)CCC(CN2CCN(c3ccc(C(=O)NS(=O)(=O)c4cnc(NC5CCN(C6CC6)CC5)c(Cl)c4)c(Oc4cccc5[nH]cnc45)c3)CC2)=C(c2ccc(Cl)cc2)C1. The number of pyridine rings is 1. The monoisotopic (exact) mass is 882 g/mol. The Kier molecular flexibility index (Phi) is 11.8. The van der Waals surface area contributed by atoms with E-state index in [1.54, 1.807) is 24.5 Å². The van der Waals surface area contributed by atoms with E-state index in [0.29, 0.717) is 17.1 Å². The second kappa shape index (κ2) is 17.2. The molecule has 5 aromatic rings. The molecule has 1 amide bonds. The minimum absolute atomic E-state index is 0.0512. The molecule has 1 saturated carbocycles. The fraction of sp³-hybridized carbons (Fsp3) is 0.413. The topological polar surface area (TPSA) is 136 Å². The van der Waals surface area contributed by atoms with Gasteiger partial charge >= 0.3 is 0 Å². The van der Waals surface area contributed by atoms with Crippen molar-refractivity contribution in [3.8, 4) is 11.5 Å². The maximum atomic E-state index is 14.0. The largest absolute Gasteiger partial charge is 0.454 e. The molecule has 0 radical (unpaired) electrons. The zero-order valence-corrected chi connectivity index (χ0v) is 36.9. The first-order valence-corrected chi connectivity index (χ1v) is 23.5. The van der Waals surface area contributed by atoms with Crippen LogP contribution < -0.4 is 19.7 Å². The van der Waals surface area contributed by atoms with Crippen LogP contribution in [0.4, 0.5) is 11.5 Å². The number of sulfonamides is 1. The van der Waals surface area contributed by atoms with Gasteiger partial charge in [0.05, 0.1) is 22.4 Å². The number of nitrogens with zero attached hydrogens (tertiary/aromatic N) is 5. The summed E-state index contributed by atoms with van der Waals surface area (Å²) in [6.07, 6.45) is 10.5. The summed E-state index contributed by atoms with van der Waals surface area (Å²) < 4.78 is 36.1. The van der Waals surface area contributed by atoms with Crippen LogP contribution in [0.1, 0.15) is 74.7 Å². The third kappa shape index (κ3) is 9.56. The number of likely N-dealkylation sites (tertiary alicyclic amines) is 1. The maximum Gasteiger partial charge on any atom is 0.268 e. The van der Waals surface area contributed by atoms with Crippen LogP contribution in [0.3, 0.4) is 0 Å². The van der Waals surface area contributed by atoms with Gasteiger partial charge in [-0.2, -0.15) is 0 Å². The number of benzene rings is 3. The molecule has 3 aromatic carbocycles. The molecule has 3 N–H and O–H groups in total. The van der Waals surface area contributed by atoms with E-state index in [4.69, 9.17) is 27.9 Å². The first kappa shape index (κ1) is 41.7. The third-order valence-electron chi connectivity index (χ3n) is 12.7. The Morgan fingerprint density at radius 3 is 2.43 bits per heavy atom. The van der Waals surface area contributed by atoms with Gasteiger partial charge in [-0.25, -0.2) is 23.1 Å². The number of imidazole rings is 1. The molecule has 61 heavy (non-hydrogen) atoms. The number of anilines is 2. The molecule has 2 saturated heterocycles. The standard InChI is InChI=1S/C46H52Cl2N8O4S/c1-46(2)17-14-31(38(26-46)30-6-8-32(47)9-7-30)28-54-20-22-56(23-21-54)35-12-13-37(42(24-35)60-41-5-3-4-40-43(41)51-29-50-40)45(57)53-61(58,59)36-25-39(48)44(49-27-36)52-33-15-18-55(19-16-33)34-10-11-34/h3-9,12-13,24-25,27,29,33-34H,10-11,14-23,26,28H2,1-2H3,(H,49,52)(H,50,51)(H,53,57). The number of allylic oxidation sites excluding steroid dienone is 1. The van der Waals surface area contributed by atoms with Crippen molar-refractivity contribution in [1.82, 2.24) is 29.5 Å². The number of hydrogen-bond acceptors (Lipinski definition) is 10. The second-order valence-electron chi connectivity index (χ2n) is 17.7. The van der Waals surface area contributed by atoms with E-state index in [1.807, 2.05) is 30.3 Å². The van der Waals surface area contributed by atoms with Gasteiger partial charge in [0.15, 0.2) is 5.75 Å². The summed E-state index contributed by atoms with van der Waals surface area (Å²) in [6, 6.07) is 21.2. The number of para-hydroxylation sites is 1. The molecule has 0 atom stereocenters. The highest BCUT2D eigenvalue weighted by atomic mass is 35.5. The van der Waals surface area contributed by atoms with E-state index >= 15 is 0 Å². The Morgan fingerprint density at radius 2 is 1.69 bits per heavy atom. The lowest BCUT2D eigenvalue weighted by Gasteiger charge is -2.39. The third-order valence-corrected chi connectivity index (χ3v) is 14.5. The molecule has 2 aliphatic heterocycles. The second-order valence-corrected chi connectivity index (χ2v) is 20.2. The molecule has 0 unspecified atom stereocenters. The molecule has 3 fully saturated rings. The predicted molar refractivity (Wildman–Crippen MR) is 242 cm³/mol. The van der Waals surface area contributed by atoms with Gasteiger partial charge in [0.2, 0.25) is 0 Å². The van der Waals surface area contributed by atoms with Crippen LogP contribution in [0.15, 0.2) is 89.7 Å². The average Bonchev–Trinajstić information content (AvgIpc) is 3.98. The highest BCUT2D eigenvalue weighted by Gasteiger charge is 2.33. The summed E-state index contributed by atoms with van der Waals surface area (Å²) in [7, 11) is -4.36. The normalized spacial score (nSPS) is 19.3.